The molecule has 1 aromatic rings. The number of benzene rings is 1. The van der Waals surface area contributed by atoms with Crippen LogP contribution in [0.25, 0.3) is 0 Å². The van der Waals surface area contributed by atoms with Crippen molar-refractivity contribution in [3.05, 3.63) is 28.2 Å². The predicted octanol–water partition coefficient (Wildman–Crippen LogP) is 1.52. The highest BCUT2D eigenvalue weighted by molar-refractivity contribution is 9.10. The third-order valence-corrected chi connectivity index (χ3v) is 3.86. The number of ether oxygens (including phenoxy) is 1. The second-order valence-corrected chi connectivity index (χ2v) is 6.63. The molecule has 1 fully saturated rings. The van der Waals surface area contributed by atoms with E-state index >= 15 is 0 Å². The number of anilines is 1. The van der Waals surface area contributed by atoms with Gasteiger partial charge in [0.15, 0.2) is 5.84 Å². The molecular formula is C14H20BrN3O3. The number of aliphatic hydroxyl groups is 1. The van der Waals surface area contributed by atoms with E-state index < -0.39 is 5.60 Å². The molecule has 4 N–H and O–H groups in total. The molecule has 1 aromatic carbocycles. The zero-order valence-electron chi connectivity index (χ0n) is 12.1. The van der Waals surface area contributed by atoms with Gasteiger partial charge in [-0.15, -0.1) is 0 Å². The van der Waals surface area contributed by atoms with Gasteiger partial charge in [0.1, 0.15) is 0 Å². The van der Waals surface area contributed by atoms with Crippen LogP contribution in [0.2, 0.25) is 0 Å². The Morgan fingerprint density at radius 2 is 2.29 bits per heavy atom. The number of morpholine rings is 1. The van der Waals surface area contributed by atoms with Crippen LogP contribution in [0.3, 0.4) is 0 Å². The fourth-order valence-electron chi connectivity index (χ4n) is 2.61. The molecule has 1 aliphatic rings. The van der Waals surface area contributed by atoms with Crippen LogP contribution in [0, 0.1) is 0 Å². The molecule has 0 amide bonds. The first-order valence-electron chi connectivity index (χ1n) is 6.67. The van der Waals surface area contributed by atoms with Crippen molar-refractivity contribution >= 4 is 27.5 Å². The number of aliphatic hydroxyl groups excluding tert-OH is 1. The van der Waals surface area contributed by atoms with Crippen LogP contribution >= 0.6 is 15.9 Å². The van der Waals surface area contributed by atoms with Crippen LogP contribution in [0.1, 0.15) is 19.4 Å². The average Bonchev–Trinajstić information content (AvgIpc) is 2.44. The standard InChI is InChI=1S/C14H20BrN3O3/c1-14(2)8-18(6-10(7-19)21-14)12-5-9(15)3-4-11(12)13(16)17-20/h3-5,10,19-20H,6-8H2,1-2H3,(H2,16,17). The Labute approximate surface area is 132 Å². The quantitative estimate of drug-likeness (QED) is 0.330. The van der Waals surface area contributed by atoms with Crippen molar-refractivity contribution < 1.29 is 15.1 Å². The summed E-state index contributed by atoms with van der Waals surface area (Å²) in [6.45, 7) is 5.09. The van der Waals surface area contributed by atoms with Gasteiger partial charge in [-0.05, 0) is 32.0 Å². The van der Waals surface area contributed by atoms with Crippen LogP contribution in [-0.4, -0.2) is 47.6 Å². The van der Waals surface area contributed by atoms with Crippen LogP contribution < -0.4 is 10.6 Å². The van der Waals surface area contributed by atoms with Crippen LogP contribution in [-0.2, 0) is 4.74 Å². The molecule has 1 unspecified atom stereocenters. The number of hydrogen-bond acceptors (Lipinski definition) is 5. The fourth-order valence-corrected chi connectivity index (χ4v) is 2.96. The first-order valence-corrected chi connectivity index (χ1v) is 7.46. The zero-order chi connectivity index (χ0) is 15.6. The Morgan fingerprint density at radius 3 is 2.90 bits per heavy atom. The first-order chi connectivity index (χ1) is 9.86. The van der Waals surface area contributed by atoms with Crippen molar-refractivity contribution in [1.29, 1.82) is 0 Å². The van der Waals surface area contributed by atoms with Gasteiger partial charge >= 0.3 is 0 Å². The molecule has 1 aliphatic heterocycles. The summed E-state index contributed by atoms with van der Waals surface area (Å²) in [5.41, 5.74) is 6.86. The molecule has 21 heavy (non-hydrogen) atoms. The van der Waals surface area contributed by atoms with Crippen molar-refractivity contribution in [2.24, 2.45) is 10.9 Å². The molecule has 116 valence electrons. The van der Waals surface area contributed by atoms with Gasteiger partial charge in [-0.2, -0.15) is 0 Å². The SMILES string of the molecule is CC1(C)CN(c2cc(Br)ccc2/C(N)=N/O)CC(CO)O1. The normalized spacial score (nSPS) is 22.4. The van der Waals surface area contributed by atoms with E-state index in [1.165, 1.54) is 0 Å². The fraction of sp³-hybridized carbons (Fsp3) is 0.500. The first kappa shape index (κ1) is 16.1. The summed E-state index contributed by atoms with van der Waals surface area (Å²) in [6.07, 6.45) is -0.270. The van der Waals surface area contributed by atoms with Crippen molar-refractivity contribution in [2.75, 3.05) is 24.6 Å². The highest BCUT2D eigenvalue weighted by atomic mass is 79.9. The smallest absolute Gasteiger partial charge is 0.172 e. The lowest BCUT2D eigenvalue weighted by Crippen LogP contribution is -2.54. The summed E-state index contributed by atoms with van der Waals surface area (Å²) in [5.74, 6) is 0.0577. The number of amidine groups is 1. The molecule has 0 bridgehead atoms. The zero-order valence-corrected chi connectivity index (χ0v) is 13.7. The molecule has 0 aliphatic carbocycles. The number of halogens is 1. The van der Waals surface area contributed by atoms with Crippen LogP contribution in [0.5, 0.6) is 0 Å². The van der Waals surface area contributed by atoms with Gasteiger partial charge in [-0.25, -0.2) is 0 Å². The van der Waals surface area contributed by atoms with Crippen molar-refractivity contribution in [1.82, 2.24) is 0 Å². The number of nitrogens with zero attached hydrogens (tertiary/aromatic N) is 2. The second kappa shape index (κ2) is 6.21. The number of nitrogens with two attached hydrogens (primary N) is 1. The van der Waals surface area contributed by atoms with E-state index in [1.807, 2.05) is 26.0 Å². The molecule has 1 saturated heterocycles. The minimum atomic E-state index is -0.393. The lowest BCUT2D eigenvalue weighted by atomic mass is 10.0. The molecule has 6 nitrogen and oxygen atoms in total. The number of rotatable bonds is 3. The van der Waals surface area contributed by atoms with E-state index in [0.29, 0.717) is 18.7 Å². The lowest BCUT2D eigenvalue weighted by Gasteiger charge is -2.44. The molecule has 0 radical (unpaired) electrons. The Kier molecular flexibility index (Phi) is 4.75. The highest BCUT2D eigenvalue weighted by Crippen LogP contribution is 2.30. The largest absolute Gasteiger partial charge is 0.409 e. The predicted molar refractivity (Wildman–Crippen MR) is 84.9 cm³/mol. The maximum Gasteiger partial charge on any atom is 0.172 e. The number of oxime groups is 1. The number of hydrogen-bond donors (Lipinski definition) is 3. The molecule has 1 heterocycles. The van der Waals surface area contributed by atoms with Crippen molar-refractivity contribution in [2.45, 2.75) is 25.6 Å². The van der Waals surface area contributed by atoms with E-state index in [-0.39, 0.29) is 18.5 Å². The van der Waals surface area contributed by atoms with Crippen molar-refractivity contribution in [3.63, 3.8) is 0 Å². The topological polar surface area (TPSA) is 91.3 Å². The van der Waals surface area contributed by atoms with Gasteiger partial charge in [-0.1, -0.05) is 21.1 Å². The van der Waals surface area contributed by atoms with E-state index in [2.05, 4.69) is 26.0 Å². The third-order valence-electron chi connectivity index (χ3n) is 3.37. The van der Waals surface area contributed by atoms with E-state index in [0.717, 1.165) is 10.2 Å². The molecule has 0 saturated carbocycles. The van der Waals surface area contributed by atoms with Gasteiger partial charge in [-0.3, -0.25) is 0 Å². The van der Waals surface area contributed by atoms with Crippen LogP contribution in [0.15, 0.2) is 27.8 Å². The van der Waals surface area contributed by atoms with E-state index in [4.69, 9.17) is 15.7 Å². The summed E-state index contributed by atoms with van der Waals surface area (Å²) < 4.78 is 6.72. The second-order valence-electron chi connectivity index (χ2n) is 5.71. The summed E-state index contributed by atoms with van der Waals surface area (Å²) in [7, 11) is 0. The van der Waals surface area contributed by atoms with Crippen LogP contribution in [0.4, 0.5) is 5.69 Å². The molecular weight excluding hydrogens is 338 g/mol. The van der Waals surface area contributed by atoms with Gasteiger partial charge < -0.3 is 25.7 Å². The van der Waals surface area contributed by atoms with E-state index in [1.54, 1.807) is 6.07 Å². The summed E-state index contributed by atoms with van der Waals surface area (Å²) >= 11 is 3.44. The molecule has 2 rings (SSSR count). The monoisotopic (exact) mass is 357 g/mol. The highest BCUT2D eigenvalue weighted by Gasteiger charge is 2.34. The molecule has 0 spiro atoms. The third kappa shape index (κ3) is 3.66. The average molecular weight is 358 g/mol. The summed E-state index contributed by atoms with van der Waals surface area (Å²) in [5, 5.41) is 21.5. The Hall–Kier alpha value is -1.31. The Bertz CT molecular complexity index is 548. The Balaban J connectivity index is 2.42. The van der Waals surface area contributed by atoms with Gasteiger partial charge in [0.05, 0.1) is 18.3 Å². The maximum absolute atomic E-state index is 9.42. The Morgan fingerprint density at radius 1 is 1.57 bits per heavy atom. The summed E-state index contributed by atoms with van der Waals surface area (Å²) in [4.78, 5) is 2.09. The summed E-state index contributed by atoms with van der Waals surface area (Å²) in [6, 6.07) is 5.56. The van der Waals surface area contributed by atoms with Crippen molar-refractivity contribution in [3.8, 4) is 0 Å². The molecule has 1 atom stereocenters. The van der Waals surface area contributed by atoms with Gasteiger partial charge in [0.2, 0.25) is 0 Å². The minimum Gasteiger partial charge on any atom is -0.409 e. The minimum absolute atomic E-state index is 0.0488. The van der Waals surface area contributed by atoms with Gasteiger partial charge in [0.25, 0.3) is 0 Å². The van der Waals surface area contributed by atoms with E-state index in [9.17, 15) is 5.11 Å². The molecule has 7 heteroatoms. The lowest BCUT2D eigenvalue weighted by molar-refractivity contribution is -0.101. The maximum atomic E-state index is 9.42. The van der Waals surface area contributed by atoms with Gasteiger partial charge in [0, 0.05) is 28.8 Å². The molecule has 0 aromatic heterocycles.